The molecule has 1 N–H and O–H groups in total. The second-order valence-corrected chi connectivity index (χ2v) is 5.10. The van der Waals surface area contributed by atoms with E-state index in [1.807, 2.05) is 6.92 Å². The summed E-state index contributed by atoms with van der Waals surface area (Å²) in [7, 11) is 0. The smallest absolute Gasteiger partial charge is 0.310 e. The summed E-state index contributed by atoms with van der Waals surface area (Å²) >= 11 is 0. The summed E-state index contributed by atoms with van der Waals surface area (Å²) in [4.78, 5) is 13.4. The van der Waals surface area contributed by atoms with E-state index in [9.17, 15) is 4.79 Å². The zero-order chi connectivity index (χ0) is 10.8. The third-order valence-electron chi connectivity index (χ3n) is 2.92. The summed E-state index contributed by atoms with van der Waals surface area (Å²) in [6.07, 6.45) is 1.83. The Hall–Kier alpha value is -0.570. The van der Waals surface area contributed by atoms with Gasteiger partial charge in [-0.15, -0.1) is 0 Å². The molecule has 3 nitrogen and oxygen atoms in total. The molecular weight excluding hydrogens is 178 g/mol. The number of carboxylic acid groups (broad SMARTS) is 1. The van der Waals surface area contributed by atoms with E-state index in [1.54, 1.807) is 0 Å². The average molecular weight is 199 g/mol. The highest BCUT2D eigenvalue weighted by molar-refractivity contribution is 5.74. The van der Waals surface area contributed by atoms with Crippen molar-refractivity contribution in [3.8, 4) is 0 Å². The molecule has 82 valence electrons. The van der Waals surface area contributed by atoms with Crippen LogP contribution in [0, 0.1) is 11.3 Å². The second-order valence-electron chi connectivity index (χ2n) is 5.10. The average Bonchev–Trinajstić information content (AvgIpc) is 2.02. The van der Waals surface area contributed by atoms with Crippen LogP contribution in [0.25, 0.3) is 0 Å². The number of aliphatic carboxylic acids is 1. The molecule has 14 heavy (non-hydrogen) atoms. The first-order valence-electron chi connectivity index (χ1n) is 5.40. The minimum Gasteiger partial charge on any atom is -0.481 e. The van der Waals surface area contributed by atoms with Crippen LogP contribution in [0.4, 0.5) is 0 Å². The first-order valence-corrected chi connectivity index (χ1v) is 5.40. The molecule has 0 aliphatic carbocycles. The molecule has 1 heterocycles. The van der Waals surface area contributed by atoms with E-state index >= 15 is 0 Å². The van der Waals surface area contributed by atoms with Crippen LogP contribution in [0.2, 0.25) is 0 Å². The van der Waals surface area contributed by atoms with Crippen LogP contribution < -0.4 is 0 Å². The highest BCUT2D eigenvalue weighted by atomic mass is 16.4. The molecule has 1 fully saturated rings. The molecule has 1 unspecified atom stereocenters. The Bertz CT molecular complexity index is 215. The van der Waals surface area contributed by atoms with Gasteiger partial charge in [-0.2, -0.15) is 0 Å². The SMILES string of the molecule is CC(C)CN1CCCC(C)(C(=O)O)C1. The summed E-state index contributed by atoms with van der Waals surface area (Å²) in [6, 6.07) is 0. The van der Waals surface area contributed by atoms with Gasteiger partial charge in [-0.05, 0) is 32.2 Å². The van der Waals surface area contributed by atoms with E-state index in [4.69, 9.17) is 5.11 Å². The molecule has 0 aromatic carbocycles. The summed E-state index contributed by atoms with van der Waals surface area (Å²) in [5, 5.41) is 9.12. The van der Waals surface area contributed by atoms with Gasteiger partial charge in [-0.1, -0.05) is 13.8 Å². The number of rotatable bonds is 3. The molecule has 3 heteroatoms. The van der Waals surface area contributed by atoms with Crippen molar-refractivity contribution >= 4 is 5.97 Å². The minimum atomic E-state index is -0.647. The Kier molecular flexibility index (Phi) is 3.53. The fourth-order valence-corrected chi connectivity index (χ4v) is 2.19. The lowest BCUT2D eigenvalue weighted by atomic mass is 9.82. The fourth-order valence-electron chi connectivity index (χ4n) is 2.19. The van der Waals surface area contributed by atoms with Gasteiger partial charge in [0.2, 0.25) is 0 Å². The van der Waals surface area contributed by atoms with Gasteiger partial charge < -0.3 is 10.0 Å². The molecule has 1 saturated heterocycles. The number of likely N-dealkylation sites (tertiary alicyclic amines) is 1. The summed E-state index contributed by atoms with van der Waals surface area (Å²) in [6.45, 7) is 8.99. The predicted octanol–water partition coefficient (Wildman–Crippen LogP) is 1.83. The van der Waals surface area contributed by atoms with Gasteiger partial charge in [0, 0.05) is 13.1 Å². The van der Waals surface area contributed by atoms with E-state index in [0.29, 0.717) is 12.5 Å². The van der Waals surface area contributed by atoms with Crippen LogP contribution in [0.1, 0.15) is 33.6 Å². The predicted molar refractivity (Wildman–Crippen MR) is 56.3 cm³/mol. The van der Waals surface area contributed by atoms with Crippen LogP contribution in [-0.4, -0.2) is 35.6 Å². The van der Waals surface area contributed by atoms with E-state index < -0.39 is 11.4 Å². The van der Waals surface area contributed by atoms with Gasteiger partial charge in [0.15, 0.2) is 0 Å². The molecule has 0 spiro atoms. The van der Waals surface area contributed by atoms with Crippen molar-refractivity contribution < 1.29 is 9.90 Å². The number of hydrogen-bond acceptors (Lipinski definition) is 2. The molecule has 0 aromatic heterocycles. The van der Waals surface area contributed by atoms with Crippen LogP contribution in [0.5, 0.6) is 0 Å². The van der Waals surface area contributed by atoms with Crippen molar-refractivity contribution in [1.29, 1.82) is 0 Å². The van der Waals surface area contributed by atoms with Crippen molar-refractivity contribution in [2.75, 3.05) is 19.6 Å². The molecule has 0 saturated carbocycles. The third kappa shape index (κ3) is 2.71. The molecule has 0 bridgehead atoms. The van der Waals surface area contributed by atoms with Gasteiger partial charge in [0.05, 0.1) is 5.41 Å². The molecule has 0 amide bonds. The van der Waals surface area contributed by atoms with Crippen LogP contribution in [0.3, 0.4) is 0 Å². The Balaban J connectivity index is 2.55. The second kappa shape index (κ2) is 4.30. The Morgan fingerprint density at radius 1 is 1.57 bits per heavy atom. The minimum absolute atomic E-state index is 0.521. The molecule has 0 radical (unpaired) electrons. The first-order chi connectivity index (χ1) is 6.44. The highest BCUT2D eigenvalue weighted by Gasteiger charge is 2.37. The number of hydrogen-bond donors (Lipinski definition) is 1. The molecule has 1 rings (SSSR count). The maximum absolute atomic E-state index is 11.1. The van der Waals surface area contributed by atoms with Crippen molar-refractivity contribution in [3.63, 3.8) is 0 Å². The van der Waals surface area contributed by atoms with Gasteiger partial charge in [-0.3, -0.25) is 4.79 Å². The Labute approximate surface area is 86.1 Å². The lowest BCUT2D eigenvalue weighted by Crippen LogP contribution is -2.47. The monoisotopic (exact) mass is 199 g/mol. The molecule has 1 aliphatic rings. The molecule has 1 atom stereocenters. The fraction of sp³-hybridized carbons (Fsp3) is 0.909. The normalized spacial score (nSPS) is 29.4. The topological polar surface area (TPSA) is 40.5 Å². The third-order valence-corrected chi connectivity index (χ3v) is 2.92. The quantitative estimate of drug-likeness (QED) is 0.754. The number of carbonyl (C=O) groups is 1. The highest BCUT2D eigenvalue weighted by Crippen LogP contribution is 2.29. The summed E-state index contributed by atoms with van der Waals surface area (Å²) in [5.41, 5.74) is -0.521. The Morgan fingerprint density at radius 3 is 2.71 bits per heavy atom. The van der Waals surface area contributed by atoms with Crippen molar-refractivity contribution in [2.45, 2.75) is 33.6 Å². The van der Waals surface area contributed by atoms with Crippen molar-refractivity contribution in [2.24, 2.45) is 11.3 Å². The van der Waals surface area contributed by atoms with E-state index in [1.165, 1.54) is 0 Å². The maximum atomic E-state index is 11.1. The zero-order valence-corrected chi connectivity index (χ0v) is 9.42. The Morgan fingerprint density at radius 2 is 2.21 bits per heavy atom. The first kappa shape index (κ1) is 11.5. The molecule has 1 aliphatic heterocycles. The lowest BCUT2D eigenvalue weighted by molar-refractivity contribution is -0.151. The van der Waals surface area contributed by atoms with Crippen LogP contribution in [0.15, 0.2) is 0 Å². The summed E-state index contributed by atoms with van der Waals surface area (Å²) < 4.78 is 0. The molecular formula is C11H21NO2. The number of piperidine rings is 1. The van der Waals surface area contributed by atoms with Gasteiger partial charge in [-0.25, -0.2) is 0 Å². The zero-order valence-electron chi connectivity index (χ0n) is 9.42. The van der Waals surface area contributed by atoms with Gasteiger partial charge >= 0.3 is 5.97 Å². The van der Waals surface area contributed by atoms with E-state index in [2.05, 4.69) is 18.7 Å². The van der Waals surface area contributed by atoms with Crippen LogP contribution >= 0.6 is 0 Å². The van der Waals surface area contributed by atoms with Crippen LogP contribution in [-0.2, 0) is 4.79 Å². The van der Waals surface area contributed by atoms with Gasteiger partial charge in [0.1, 0.15) is 0 Å². The van der Waals surface area contributed by atoms with Crippen molar-refractivity contribution in [3.05, 3.63) is 0 Å². The number of carboxylic acids is 1. The van der Waals surface area contributed by atoms with Crippen molar-refractivity contribution in [1.82, 2.24) is 4.90 Å². The molecule has 0 aromatic rings. The lowest BCUT2D eigenvalue weighted by Gasteiger charge is -2.38. The van der Waals surface area contributed by atoms with E-state index in [-0.39, 0.29) is 0 Å². The maximum Gasteiger partial charge on any atom is 0.310 e. The largest absolute Gasteiger partial charge is 0.481 e. The number of nitrogens with zero attached hydrogens (tertiary/aromatic N) is 1. The summed E-state index contributed by atoms with van der Waals surface area (Å²) in [5.74, 6) is -0.0305. The van der Waals surface area contributed by atoms with Gasteiger partial charge in [0.25, 0.3) is 0 Å². The van der Waals surface area contributed by atoms with E-state index in [0.717, 1.165) is 25.9 Å². The standard InChI is InChI=1S/C11H21NO2/c1-9(2)7-12-6-4-5-11(3,8-12)10(13)14/h9H,4-8H2,1-3H3,(H,13,14).